The minimum absolute atomic E-state index is 0.178. The Morgan fingerprint density at radius 3 is 3.00 bits per heavy atom. The van der Waals surface area contributed by atoms with Crippen molar-refractivity contribution in [2.45, 2.75) is 32.9 Å². The highest BCUT2D eigenvalue weighted by Gasteiger charge is 2.16. The second kappa shape index (κ2) is 5.51. The van der Waals surface area contributed by atoms with Gasteiger partial charge in [-0.05, 0) is 26.3 Å². The molecule has 7 nitrogen and oxygen atoms in total. The number of nitrogens with one attached hydrogen (secondary N) is 1. The van der Waals surface area contributed by atoms with Crippen LogP contribution in [0, 0.1) is 0 Å². The topological polar surface area (TPSA) is 100.0 Å². The minimum atomic E-state index is -0.557. The first-order valence-electron chi connectivity index (χ1n) is 4.86. The lowest BCUT2D eigenvalue weighted by Crippen LogP contribution is -2.27. The Balaban J connectivity index is 2.54. The minimum Gasteiger partial charge on any atom is -0.444 e. The van der Waals surface area contributed by atoms with E-state index in [0.717, 1.165) is 0 Å². The van der Waals surface area contributed by atoms with Gasteiger partial charge in [0.15, 0.2) is 0 Å². The zero-order valence-electron chi connectivity index (χ0n) is 9.80. The molecule has 1 rings (SSSR count). The molecular weight excluding hydrogens is 242 g/mol. The smallest absolute Gasteiger partial charge is 0.413 e. The van der Waals surface area contributed by atoms with Crippen molar-refractivity contribution >= 4 is 23.2 Å². The summed E-state index contributed by atoms with van der Waals surface area (Å²) in [4.78, 5) is 18.1. The molecule has 0 saturated heterocycles. The van der Waals surface area contributed by atoms with E-state index in [1.165, 1.54) is 11.3 Å². The zero-order valence-corrected chi connectivity index (χ0v) is 10.6. The van der Waals surface area contributed by atoms with Crippen LogP contribution in [0.3, 0.4) is 0 Å². The van der Waals surface area contributed by atoms with Gasteiger partial charge in [0.25, 0.3) is 0 Å². The van der Waals surface area contributed by atoms with Crippen molar-refractivity contribution in [3.63, 3.8) is 0 Å². The highest BCUT2D eigenvalue weighted by molar-refractivity contribution is 7.10. The molecule has 1 aromatic heterocycles. The van der Waals surface area contributed by atoms with E-state index < -0.39 is 11.7 Å². The van der Waals surface area contributed by atoms with E-state index in [0.29, 0.717) is 10.8 Å². The lowest BCUT2D eigenvalue weighted by atomic mass is 10.2. The van der Waals surface area contributed by atoms with Crippen LogP contribution in [0.5, 0.6) is 0 Å². The molecule has 0 aliphatic carbocycles. The van der Waals surface area contributed by atoms with Gasteiger partial charge in [0.2, 0.25) is 0 Å². The van der Waals surface area contributed by atoms with Gasteiger partial charge in [-0.2, -0.15) is 0 Å². The van der Waals surface area contributed by atoms with Crippen molar-refractivity contribution < 1.29 is 9.53 Å². The molecule has 1 heterocycles. The summed E-state index contributed by atoms with van der Waals surface area (Å²) < 4.78 is 5.06. The van der Waals surface area contributed by atoms with E-state index in [2.05, 4.69) is 20.3 Å². The van der Waals surface area contributed by atoms with E-state index >= 15 is 0 Å². The molecule has 0 aliphatic rings. The Labute approximate surface area is 102 Å². The predicted octanol–water partition coefficient (Wildman–Crippen LogP) is 3.30. The monoisotopic (exact) mass is 255 g/mol. The van der Waals surface area contributed by atoms with Crippen LogP contribution in [-0.2, 0) is 11.3 Å². The molecule has 0 radical (unpaired) electrons. The average Bonchev–Trinajstić information content (AvgIpc) is 2.59. The van der Waals surface area contributed by atoms with E-state index in [9.17, 15) is 4.79 Å². The van der Waals surface area contributed by atoms with Crippen molar-refractivity contribution in [1.29, 1.82) is 0 Å². The van der Waals surface area contributed by atoms with Gasteiger partial charge in [0, 0.05) is 10.3 Å². The fourth-order valence-electron chi connectivity index (χ4n) is 0.941. The number of nitrogens with zero attached hydrogens (tertiary/aromatic N) is 4. The van der Waals surface area contributed by atoms with E-state index in [4.69, 9.17) is 10.3 Å². The molecule has 0 spiro atoms. The number of hydrogen-bond acceptors (Lipinski definition) is 5. The van der Waals surface area contributed by atoms with E-state index in [1.54, 1.807) is 26.2 Å². The summed E-state index contributed by atoms with van der Waals surface area (Å²) in [6, 6.07) is 0. The SMILES string of the molecule is CC(C)(C)OC(=O)Nc1csc(CN=[N+]=[N-])n1. The summed E-state index contributed by atoms with van der Waals surface area (Å²) >= 11 is 1.30. The summed E-state index contributed by atoms with van der Waals surface area (Å²) in [6.07, 6.45) is -0.557. The molecule has 0 bridgehead atoms. The highest BCUT2D eigenvalue weighted by atomic mass is 32.1. The largest absolute Gasteiger partial charge is 0.444 e. The predicted molar refractivity (Wildman–Crippen MR) is 64.8 cm³/mol. The van der Waals surface area contributed by atoms with Gasteiger partial charge in [0.05, 0.1) is 6.54 Å². The normalized spacial score (nSPS) is 10.5. The van der Waals surface area contributed by atoms with Crippen LogP contribution in [0.1, 0.15) is 25.8 Å². The second-order valence-electron chi connectivity index (χ2n) is 4.14. The molecular formula is C9H13N5O2S. The number of aromatic nitrogens is 1. The van der Waals surface area contributed by atoms with Crippen LogP contribution < -0.4 is 5.32 Å². The summed E-state index contributed by atoms with van der Waals surface area (Å²) in [7, 11) is 0. The third-order valence-electron chi connectivity index (χ3n) is 1.45. The number of rotatable bonds is 3. The van der Waals surface area contributed by atoms with E-state index in [1.807, 2.05) is 0 Å². The first-order chi connectivity index (χ1) is 7.90. The van der Waals surface area contributed by atoms with Crippen LogP contribution in [0.2, 0.25) is 0 Å². The number of thiazole rings is 1. The molecule has 1 N–H and O–H groups in total. The van der Waals surface area contributed by atoms with Crippen LogP contribution in [-0.4, -0.2) is 16.7 Å². The van der Waals surface area contributed by atoms with Gasteiger partial charge in [0.1, 0.15) is 16.4 Å². The second-order valence-corrected chi connectivity index (χ2v) is 5.09. The van der Waals surface area contributed by atoms with Gasteiger partial charge in [-0.15, -0.1) is 11.3 Å². The summed E-state index contributed by atoms with van der Waals surface area (Å²) in [5.41, 5.74) is 7.61. The number of ether oxygens (including phenoxy) is 1. The van der Waals surface area contributed by atoms with Gasteiger partial charge < -0.3 is 4.74 Å². The number of hydrogen-bond donors (Lipinski definition) is 1. The fraction of sp³-hybridized carbons (Fsp3) is 0.556. The fourth-order valence-corrected chi connectivity index (χ4v) is 1.58. The molecule has 8 heteroatoms. The number of amides is 1. The lowest BCUT2D eigenvalue weighted by molar-refractivity contribution is 0.0635. The molecule has 92 valence electrons. The quantitative estimate of drug-likeness (QED) is 0.509. The van der Waals surface area contributed by atoms with Crippen LogP contribution in [0.4, 0.5) is 10.6 Å². The summed E-state index contributed by atoms with van der Waals surface area (Å²) in [6.45, 7) is 5.51. The molecule has 0 unspecified atom stereocenters. The zero-order chi connectivity index (χ0) is 12.9. The Morgan fingerprint density at radius 2 is 2.41 bits per heavy atom. The van der Waals surface area contributed by atoms with Gasteiger partial charge in [-0.3, -0.25) is 5.32 Å². The molecule has 0 aliphatic heterocycles. The Morgan fingerprint density at radius 1 is 1.71 bits per heavy atom. The van der Waals surface area contributed by atoms with Crippen molar-refractivity contribution in [2.75, 3.05) is 5.32 Å². The third-order valence-corrected chi connectivity index (χ3v) is 2.28. The van der Waals surface area contributed by atoms with E-state index in [-0.39, 0.29) is 6.54 Å². The Kier molecular flexibility index (Phi) is 4.30. The maximum Gasteiger partial charge on any atom is 0.413 e. The molecule has 0 saturated carbocycles. The third kappa shape index (κ3) is 5.19. The average molecular weight is 255 g/mol. The maximum atomic E-state index is 11.4. The molecule has 1 amide bonds. The summed E-state index contributed by atoms with van der Waals surface area (Å²) in [5.74, 6) is 0.396. The van der Waals surface area contributed by atoms with Crippen molar-refractivity contribution in [1.82, 2.24) is 4.98 Å². The number of anilines is 1. The van der Waals surface area contributed by atoms with Crippen LogP contribution >= 0.6 is 11.3 Å². The molecule has 0 atom stereocenters. The van der Waals surface area contributed by atoms with Crippen LogP contribution in [0.15, 0.2) is 10.5 Å². The Bertz CT molecular complexity index is 444. The van der Waals surface area contributed by atoms with Gasteiger partial charge in [-0.25, -0.2) is 9.78 Å². The summed E-state index contributed by atoms with van der Waals surface area (Å²) in [5, 5.41) is 8.17. The van der Waals surface area contributed by atoms with Gasteiger partial charge >= 0.3 is 6.09 Å². The lowest BCUT2D eigenvalue weighted by Gasteiger charge is -2.19. The molecule has 0 aromatic carbocycles. The maximum absolute atomic E-state index is 11.4. The first kappa shape index (κ1) is 13.3. The van der Waals surface area contributed by atoms with Crippen LogP contribution in [0.25, 0.3) is 10.4 Å². The molecule has 1 aromatic rings. The molecule has 17 heavy (non-hydrogen) atoms. The number of carbonyl (C=O) groups excluding carboxylic acids is 1. The van der Waals surface area contributed by atoms with Crippen molar-refractivity contribution in [2.24, 2.45) is 5.11 Å². The highest BCUT2D eigenvalue weighted by Crippen LogP contribution is 2.16. The van der Waals surface area contributed by atoms with Crippen molar-refractivity contribution in [3.05, 3.63) is 20.8 Å². The number of carbonyl (C=O) groups is 1. The Hall–Kier alpha value is -1.79. The number of azide groups is 1. The van der Waals surface area contributed by atoms with Crippen molar-refractivity contribution in [3.8, 4) is 0 Å². The standard InChI is InChI=1S/C9H13N5O2S/c1-9(2,3)16-8(15)13-6-5-17-7(12-6)4-11-14-10/h5H,4H2,1-3H3,(H,13,15). The van der Waals surface area contributed by atoms with Gasteiger partial charge in [-0.1, -0.05) is 5.11 Å². The first-order valence-corrected chi connectivity index (χ1v) is 5.74. The molecule has 0 fully saturated rings.